The van der Waals surface area contributed by atoms with Gasteiger partial charge in [-0.1, -0.05) is 43.7 Å². The largest absolute Gasteiger partial charge is 0.341 e. The predicted molar refractivity (Wildman–Crippen MR) is 70.7 cm³/mol. The summed E-state index contributed by atoms with van der Waals surface area (Å²) < 4.78 is 0. The summed E-state index contributed by atoms with van der Waals surface area (Å²) in [6, 6.07) is 8.87. The fraction of sp³-hybridized carbons (Fsp3) is 0.357. The van der Waals surface area contributed by atoms with Gasteiger partial charge in [-0.15, -0.1) is 0 Å². The minimum atomic E-state index is 0.487. The number of nitrogens with zero attached hydrogens (tertiary/aromatic N) is 1. The molecule has 0 fully saturated rings. The molecule has 1 aromatic heterocycles. The Morgan fingerprint density at radius 3 is 2.59 bits per heavy atom. The van der Waals surface area contributed by atoms with E-state index in [0.717, 1.165) is 23.6 Å². The van der Waals surface area contributed by atoms with Gasteiger partial charge in [-0.05, 0) is 6.92 Å². The highest BCUT2D eigenvalue weighted by molar-refractivity contribution is 5.55. The van der Waals surface area contributed by atoms with Crippen molar-refractivity contribution in [3.05, 3.63) is 41.7 Å². The molecule has 90 valence electrons. The molecule has 1 heterocycles. The minimum Gasteiger partial charge on any atom is -0.341 e. The van der Waals surface area contributed by atoms with Crippen molar-refractivity contribution >= 4 is 0 Å². The van der Waals surface area contributed by atoms with Crippen LogP contribution in [0.4, 0.5) is 0 Å². The van der Waals surface area contributed by atoms with Crippen LogP contribution in [0.3, 0.4) is 0 Å². The Bertz CT molecular complexity index is 468. The number of nitrogens with one attached hydrogen (secondary N) is 2. The third kappa shape index (κ3) is 3.17. The van der Waals surface area contributed by atoms with E-state index in [1.165, 1.54) is 5.56 Å². The van der Waals surface area contributed by atoms with Crippen LogP contribution in [0.5, 0.6) is 0 Å². The van der Waals surface area contributed by atoms with Crippen LogP contribution in [0.15, 0.2) is 30.5 Å². The molecule has 3 nitrogen and oxygen atoms in total. The number of aromatic amines is 1. The summed E-state index contributed by atoms with van der Waals surface area (Å²) in [5.41, 5.74) is 3.52. The summed E-state index contributed by atoms with van der Waals surface area (Å²) >= 11 is 0. The maximum atomic E-state index is 4.40. The van der Waals surface area contributed by atoms with Gasteiger partial charge in [-0.3, -0.25) is 0 Å². The third-order valence-electron chi connectivity index (χ3n) is 2.65. The number of aryl methyl sites for hydroxylation is 1. The maximum absolute atomic E-state index is 4.40. The van der Waals surface area contributed by atoms with Gasteiger partial charge in [0.15, 0.2) is 0 Å². The molecule has 17 heavy (non-hydrogen) atoms. The van der Waals surface area contributed by atoms with Gasteiger partial charge < -0.3 is 10.3 Å². The average Bonchev–Trinajstić information content (AvgIpc) is 2.76. The second-order valence-electron chi connectivity index (χ2n) is 4.66. The standard InChI is InChI=1S/C14H19N3/c1-10(2)15-8-13-9-16-14(17-13)12-6-4-11(3)5-7-12/h4-7,9-10,15H,8H2,1-3H3,(H,16,17). The number of imidazole rings is 1. The zero-order chi connectivity index (χ0) is 12.3. The van der Waals surface area contributed by atoms with Gasteiger partial charge in [0.25, 0.3) is 0 Å². The Hall–Kier alpha value is -1.61. The smallest absolute Gasteiger partial charge is 0.137 e. The molecule has 0 unspecified atom stereocenters. The molecule has 0 radical (unpaired) electrons. The summed E-state index contributed by atoms with van der Waals surface area (Å²) in [5, 5.41) is 3.36. The molecule has 2 N–H and O–H groups in total. The van der Waals surface area contributed by atoms with Crippen LogP contribution in [0.1, 0.15) is 25.1 Å². The lowest BCUT2D eigenvalue weighted by Crippen LogP contribution is -2.21. The first-order valence-corrected chi connectivity index (χ1v) is 5.99. The molecule has 1 aromatic carbocycles. The molecule has 2 aromatic rings. The van der Waals surface area contributed by atoms with Crippen LogP contribution >= 0.6 is 0 Å². The highest BCUT2D eigenvalue weighted by Gasteiger charge is 2.03. The lowest BCUT2D eigenvalue weighted by atomic mass is 10.1. The quantitative estimate of drug-likeness (QED) is 0.846. The highest BCUT2D eigenvalue weighted by Crippen LogP contribution is 2.16. The van der Waals surface area contributed by atoms with Crippen molar-refractivity contribution in [2.45, 2.75) is 33.4 Å². The lowest BCUT2D eigenvalue weighted by molar-refractivity contribution is 0.583. The monoisotopic (exact) mass is 229 g/mol. The zero-order valence-corrected chi connectivity index (χ0v) is 10.6. The normalized spacial score (nSPS) is 11.1. The summed E-state index contributed by atoms with van der Waals surface area (Å²) in [5.74, 6) is 0.936. The van der Waals surface area contributed by atoms with Crippen LogP contribution in [0, 0.1) is 6.92 Å². The third-order valence-corrected chi connectivity index (χ3v) is 2.65. The number of benzene rings is 1. The summed E-state index contributed by atoms with van der Waals surface area (Å²) in [7, 11) is 0. The molecule has 0 saturated heterocycles. The minimum absolute atomic E-state index is 0.487. The molecule has 0 amide bonds. The molecular formula is C14H19N3. The van der Waals surface area contributed by atoms with E-state index in [1.54, 1.807) is 0 Å². The van der Waals surface area contributed by atoms with E-state index in [4.69, 9.17) is 0 Å². The van der Waals surface area contributed by atoms with Crippen LogP contribution in [-0.2, 0) is 6.54 Å². The van der Waals surface area contributed by atoms with Crippen LogP contribution in [0.2, 0.25) is 0 Å². The van der Waals surface area contributed by atoms with E-state index in [-0.39, 0.29) is 0 Å². The van der Waals surface area contributed by atoms with Crippen molar-refractivity contribution in [1.29, 1.82) is 0 Å². The van der Waals surface area contributed by atoms with Crippen LogP contribution in [-0.4, -0.2) is 16.0 Å². The Kier molecular flexibility index (Phi) is 3.59. The maximum Gasteiger partial charge on any atom is 0.137 e. The number of hydrogen-bond donors (Lipinski definition) is 2. The molecule has 0 aliphatic carbocycles. The van der Waals surface area contributed by atoms with E-state index in [2.05, 4.69) is 60.3 Å². The highest BCUT2D eigenvalue weighted by atomic mass is 15.0. The van der Waals surface area contributed by atoms with Crippen molar-refractivity contribution < 1.29 is 0 Å². The van der Waals surface area contributed by atoms with E-state index >= 15 is 0 Å². The van der Waals surface area contributed by atoms with Crippen molar-refractivity contribution in [3.8, 4) is 11.4 Å². The van der Waals surface area contributed by atoms with Gasteiger partial charge >= 0.3 is 0 Å². The SMILES string of the molecule is Cc1ccc(-c2ncc(CNC(C)C)[nH]2)cc1. The van der Waals surface area contributed by atoms with E-state index in [1.807, 2.05) is 6.20 Å². The summed E-state index contributed by atoms with van der Waals surface area (Å²) in [6.45, 7) is 7.19. The molecule has 0 spiro atoms. The Balaban J connectivity index is 2.10. The second-order valence-corrected chi connectivity index (χ2v) is 4.66. The Labute approximate surface area is 102 Å². The Morgan fingerprint density at radius 1 is 1.24 bits per heavy atom. The van der Waals surface area contributed by atoms with E-state index < -0.39 is 0 Å². The van der Waals surface area contributed by atoms with Crippen molar-refractivity contribution in [1.82, 2.24) is 15.3 Å². The molecule has 0 aliphatic heterocycles. The van der Waals surface area contributed by atoms with Gasteiger partial charge in [0, 0.05) is 30.0 Å². The van der Waals surface area contributed by atoms with Gasteiger partial charge in [0.2, 0.25) is 0 Å². The first-order valence-electron chi connectivity index (χ1n) is 5.99. The molecule has 3 heteroatoms. The molecule has 2 rings (SSSR count). The van der Waals surface area contributed by atoms with E-state index in [0.29, 0.717) is 6.04 Å². The summed E-state index contributed by atoms with van der Waals surface area (Å²) in [4.78, 5) is 7.73. The number of hydrogen-bond acceptors (Lipinski definition) is 2. The first kappa shape index (κ1) is 11.9. The molecule has 0 aliphatic rings. The van der Waals surface area contributed by atoms with Gasteiger partial charge in [0.05, 0.1) is 0 Å². The Morgan fingerprint density at radius 2 is 1.94 bits per heavy atom. The molecule has 0 bridgehead atoms. The number of rotatable bonds is 4. The topological polar surface area (TPSA) is 40.7 Å². The van der Waals surface area contributed by atoms with Gasteiger partial charge in [-0.25, -0.2) is 4.98 Å². The van der Waals surface area contributed by atoms with Crippen molar-refractivity contribution in [2.75, 3.05) is 0 Å². The first-order chi connectivity index (χ1) is 8.15. The van der Waals surface area contributed by atoms with Gasteiger partial charge in [-0.2, -0.15) is 0 Å². The average molecular weight is 229 g/mol. The molecular weight excluding hydrogens is 210 g/mol. The lowest BCUT2D eigenvalue weighted by Gasteiger charge is -2.05. The van der Waals surface area contributed by atoms with Gasteiger partial charge in [0.1, 0.15) is 5.82 Å². The zero-order valence-electron chi connectivity index (χ0n) is 10.6. The van der Waals surface area contributed by atoms with E-state index in [9.17, 15) is 0 Å². The molecule has 0 saturated carbocycles. The van der Waals surface area contributed by atoms with Crippen molar-refractivity contribution in [2.24, 2.45) is 0 Å². The fourth-order valence-corrected chi connectivity index (χ4v) is 1.62. The number of H-pyrrole nitrogens is 1. The second kappa shape index (κ2) is 5.15. The fourth-order valence-electron chi connectivity index (χ4n) is 1.62. The van der Waals surface area contributed by atoms with Crippen molar-refractivity contribution in [3.63, 3.8) is 0 Å². The number of aromatic nitrogens is 2. The van der Waals surface area contributed by atoms with Crippen LogP contribution < -0.4 is 5.32 Å². The predicted octanol–water partition coefficient (Wildman–Crippen LogP) is 2.88. The summed E-state index contributed by atoms with van der Waals surface area (Å²) in [6.07, 6.45) is 1.89. The molecule has 0 atom stereocenters. The van der Waals surface area contributed by atoms with Crippen LogP contribution in [0.25, 0.3) is 11.4 Å².